The van der Waals surface area contributed by atoms with Gasteiger partial charge in [-0.25, -0.2) is 0 Å². The fraction of sp³-hybridized carbons (Fsp3) is 0.0141. The van der Waals surface area contributed by atoms with Crippen molar-refractivity contribution >= 4 is 153 Å². The lowest BCUT2D eigenvalue weighted by molar-refractivity contribution is 0.794. The van der Waals surface area contributed by atoms with Crippen molar-refractivity contribution in [2.24, 2.45) is 0 Å². The lowest BCUT2D eigenvalue weighted by atomic mass is 9.70. The molecule has 2 spiro atoms. The van der Waals surface area contributed by atoms with Crippen LogP contribution >= 0.6 is 0 Å². The summed E-state index contributed by atoms with van der Waals surface area (Å²) >= 11 is 0. The number of fused-ring (bicyclic) bond motifs is 39. The molecule has 0 amide bonds. The average Bonchev–Trinajstić information content (AvgIpc) is 1.51. The first-order chi connectivity index (χ1) is 71.4. The van der Waals surface area contributed by atoms with Crippen molar-refractivity contribution in [2.45, 2.75) is 10.8 Å². The lowest BCUT2D eigenvalue weighted by Crippen LogP contribution is -2.26. The van der Waals surface area contributed by atoms with Gasteiger partial charge < -0.3 is 9.80 Å². The lowest BCUT2D eigenvalue weighted by Gasteiger charge is -2.33. The second-order valence-corrected chi connectivity index (χ2v) is 39.3. The van der Waals surface area contributed by atoms with Crippen LogP contribution in [-0.4, -0.2) is 0 Å². The monoisotopic (exact) mass is 1820 g/mol. The maximum atomic E-state index is 2.58. The zero-order valence-electron chi connectivity index (χ0n) is 78.7. The molecular weight excluding hydrogens is 1730 g/mol. The maximum Gasteiger partial charge on any atom is 0.0726 e. The number of para-hydroxylation sites is 1. The number of rotatable bonds is 10. The predicted octanol–water partition coefficient (Wildman–Crippen LogP) is 38.4. The molecule has 0 radical (unpaired) electrons. The summed E-state index contributed by atoms with van der Waals surface area (Å²) in [6, 6.07) is 200. The Morgan fingerprint density at radius 1 is 0.111 bits per heavy atom. The molecule has 2 heteroatoms. The second kappa shape index (κ2) is 32.0. The average molecular weight is 1820 g/mol. The molecule has 0 bridgehead atoms. The molecule has 0 atom stereocenters. The molecule has 4 aliphatic rings. The van der Waals surface area contributed by atoms with Gasteiger partial charge in [0.1, 0.15) is 0 Å². The fourth-order valence-corrected chi connectivity index (χ4v) is 26.1. The highest BCUT2D eigenvalue weighted by atomic mass is 15.2. The molecule has 0 N–H and O–H groups in total. The highest BCUT2D eigenvalue weighted by Gasteiger charge is 2.54. The van der Waals surface area contributed by atoms with Gasteiger partial charge >= 0.3 is 0 Å². The Labute approximate surface area is 834 Å². The molecule has 27 aromatic carbocycles. The van der Waals surface area contributed by atoms with Gasteiger partial charge in [-0.2, -0.15) is 0 Å². The van der Waals surface area contributed by atoms with Crippen molar-refractivity contribution < 1.29 is 0 Å². The predicted molar refractivity (Wildman–Crippen MR) is 609 cm³/mol. The third-order valence-corrected chi connectivity index (χ3v) is 32.2. The zero-order valence-corrected chi connectivity index (χ0v) is 78.7. The molecular formula is C142H88N2. The molecule has 31 rings (SSSR count). The topological polar surface area (TPSA) is 6.48 Å². The quantitative estimate of drug-likeness (QED) is 0.126. The first-order valence-corrected chi connectivity index (χ1v) is 50.2. The molecule has 0 aliphatic heterocycles. The van der Waals surface area contributed by atoms with Crippen LogP contribution in [0.4, 0.5) is 34.1 Å². The molecule has 4 aliphatic carbocycles. The summed E-state index contributed by atoms with van der Waals surface area (Å²) in [4.78, 5) is 5.08. The van der Waals surface area contributed by atoms with Crippen LogP contribution in [0, 0.1) is 0 Å². The zero-order chi connectivity index (χ0) is 94.4. The van der Waals surface area contributed by atoms with Crippen molar-refractivity contribution in [3.8, 4) is 89.0 Å². The molecule has 0 saturated heterocycles. The van der Waals surface area contributed by atoms with Crippen molar-refractivity contribution in [3.05, 3.63) is 578 Å². The first-order valence-electron chi connectivity index (χ1n) is 50.2. The van der Waals surface area contributed by atoms with Gasteiger partial charge in [0.05, 0.1) is 22.2 Å². The van der Waals surface area contributed by atoms with E-state index in [1.807, 2.05) is 0 Å². The molecule has 666 valence electrons. The van der Waals surface area contributed by atoms with E-state index in [0.29, 0.717) is 0 Å². The van der Waals surface area contributed by atoms with Gasteiger partial charge in [-0.05, 0) is 326 Å². The van der Waals surface area contributed by atoms with Crippen LogP contribution in [0.1, 0.15) is 44.5 Å². The van der Waals surface area contributed by atoms with Crippen LogP contribution in [0.25, 0.3) is 208 Å². The molecule has 144 heavy (non-hydrogen) atoms. The van der Waals surface area contributed by atoms with E-state index in [1.165, 1.54) is 241 Å². The standard InChI is InChI=1S/C73H45N.C69H43N/c1-2-18-49-41-51(38-37-46(49)17-1)74(52-39-40-60-57-24-7-6-22-55(57)56-23-8-10-26-59(56)66(60)43-52)72-45-71-67(63-29-13-16-32-70(63)73(71)68-30-14-11-27-61(68)62-28-12-15-31-69(62)73)44-65(72)48-35-33-47(34-36-48)64-42-50-19-3-4-20-53(50)54-21-5-9-25-58(54)64;1-2-19-47(20-3-1)70(48-38-39-56-53-25-8-7-23-51(53)52-24-9-11-27-55(52)62(56)41-48)68-43-67-63(59-30-14-17-33-66(59)69(67)64-31-15-12-28-57(64)58-29-13-16-32-65(58)69)42-61(68)45-36-34-44(35-37-45)60-40-46-18-4-5-21-49(46)50-22-6-10-26-54(50)60/h1-45H;1-43H. The molecule has 27 aromatic rings. The van der Waals surface area contributed by atoms with Crippen molar-refractivity contribution in [1.82, 2.24) is 0 Å². The second-order valence-electron chi connectivity index (χ2n) is 39.3. The van der Waals surface area contributed by atoms with E-state index in [4.69, 9.17) is 0 Å². The van der Waals surface area contributed by atoms with E-state index in [-0.39, 0.29) is 0 Å². The Kier molecular flexibility index (Phi) is 18.1. The van der Waals surface area contributed by atoms with Crippen LogP contribution < -0.4 is 9.80 Å². The largest absolute Gasteiger partial charge is 0.310 e. The summed E-state index contributed by atoms with van der Waals surface area (Å²) in [7, 11) is 0. The molecule has 0 saturated carbocycles. The van der Waals surface area contributed by atoms with E-state index in [0.717, 1.165) is 45.3 Å². The number of nitrogens with zero attached hydrogens (tertiary/aromatic N) is 2. The van der Waals surface area contributed by atoms with Gasteiger partial charge in [0, 0.05) is 33.9 Å². The minimum atomic E-state index is -0.527. The Morgan fingerprint density at radius 2 is 0.354 bits per heavy atom. The van der Waals surface area contributed by atoms with Gasteiger partial charge in [-0.3, -0.25) is 0 Å². The van der Waals surface area contributed by atoms with Crippen LogP contribution in [-0.2, 0) is 10.8 Å². The Bertz CT molecular complexity index is 9960. The Morgan fingerprint density at radius 3 is 0.708 bits per heavy atom. The smallest absolute Gasteiger partial charge is 0.0726 e. The molecule has 0 aromatic heterocycles. The summed E-state index contributed by atoms with van der Waals surface area (Å²) < 4.78 is 0. The minimum absolute atomic E-state index is 0.506. The van der Waals surface area contributed by atoms with E-state index in [2.05, 4.69) is 544 Å². The van der Waals surface area contributed by atoms with Crippen molar-refractivity contribution in [2.75, 3.05) is 9.80 Å². The molecule has 2 nitrogen and oxygen atoms in total. The Balaban J connectivity index is 0.000000134. The molecule has 0 heterocycles. The summed E-state index contributed by atoms with van der Waals surface area (Å²) in [5, 5.41) is 27.6. The number of anilines is 6. The van der Waals surface area contributed by atoms with Crippen LogP contribution in [0.15, 0.2) is 534 Å². The fourth-order valence-electron chi connectivity index (χ4n) is 26.1. The number of benzene rings is 27. The summed E-state index contributed by atoms with van der Waals surface area (Å²) in [6.45, 7) is 0. The first kappa shape index (κ1) is 81.4. The van der Waals surface area contributed by atoms with Gasteiger partial charge in [0.15, 0.2) is 0 Å². The molecule has 0 unspecified atom stereocenters. The minimum Gasteiger partial charge on any atom is -0.310 e. The molecule has 0 fully saturated rings. The maximum absolute atomic E-state index is 2.58. The van der Waals surface area contributed by atoms with Crippen molar-refractivity contribution in [1.29, 1.82) is 0 Å². The van der Waals surface area contributed by atoms with E-state index in [1.54, 1.807) is 0 Å². The van der Waals surface area contributed by atoms with Crippen LogP contribution in [0.2, 0.25) is 0 Å². The third-order valence-electron chi connectivity index (χ3n) is 32.2. The van der Waals surface area contributed by atoms with Crippen molar-refractivity contribution in [3.63, 3.8) is 0 Å². The SMILES string of the molecule is c1ccc(N(c2ccc3c4ccccc4c4ccccc4c3c2)c2cc3c(cc2-c2ccc(-c4cc5ccccc5c5ccccc45)cc2)-c2ccccc2C32c3ccccc3-c3ccccc32)cc1.c1ccc2c(c1)-c1ccccc1C21c2ccccc2-c2cc(-c3ccc(-c4cc5ccccc5c5ccccc45)cc3)c(N(c3ccc4ccccc4c3)c3ccc4c5ccccc5c5ccccc5c4c3)cc21. The summed E-state index contributed by atoms with van der Waals surface area (Å²) in [5.74, 6) is 0. The summed E-state index contributed by atoms with van der Waals surface area (Å²) in [6.07, 6.45) is 0. The van der Waals surface area contributed by atoms with E-state index >= 15 is 0 Å². The number of hydrogen-bond acceptors (Lipinski definition) is 2. The third kappa shape index (κ3) is 11.9. The van der Waals surface area contributed by atoms with E-state index in [9.17, 15) is 0 Å². The Hall–Kier alpha value is -18.6. The summed E-state index contributed by atoms with van der Waals surface area (Å²) in [5.41, 5.74) is 36.1. The van der Waals surface area contributed by atoms with Gasteiger partial charge in [-0.15, -0.1) is 0 Å². The van der Waals surface area contributed by atoms with Crippen LogP contribution in [0.5, 0.6) is 0 Å². The van der Waals surface area contributed by atoms with Gasteiger partial charge in [-0.1, -0.05) is 449 Å². The normalized spacial score (nSPS) is 13.0. The highest BCUT2D eigenvalue weighted by molar-refractivity contribution is 6.28. The van der Waals surface area contributed by atoms with Gasteiger partial charge in [0.25, 0.3) is 0 Å². The van der Waals surface area contributed by atoms with Crippen LogP contribution in [0.3, 0.4) is 0 Å². The number of hydrogen-bond donors (Lipinski definition) is 0. The highest BCUT2D eigenvalue weighted by Crippen LogP contribution is 2.67. The van der Waals surface area contributed by atoms with Gasteiger partial charge in [0.2, 0.25) is 0 Å². The van der Waals surface area contributed by atoms with E-state index < -0.39 is 10.8 Å².